The fraction of sp³-hybridized carbons (Fsp3) is 0.375. The highest BCUT2D eigenvalue weighted by Crippen LogP contribution is 2.27. The van der Waals surface area contributed by atoms with Gasteiger partial charge in [-0.2, -0.15) is 0 Å². The summed E-state index contributed by atoms with van der Waals surface area (Å²) in [4.78, 5) is 11.4. The first-order valence-corrected chi connectivity index (χ1v) is 4.43. The van der Waals surface area contributed by atoms with E-state index in [0.717, 1.165) is 10.7 Å². The Morgan fingerprint density at radius 3 is 2.83 bits per heavy atom. The normalized spacial score (nSPS) is 12.8. The molecule has 0 spiro atoms. The minimum Gasteiger partial charge on any atom is -0.480 e. The standard InChI is InChI=1S/C8H10O3S/c1-5-7(3-4-11-5)12-6(2)8(9)10/h3-4,6H,1-2H3,(H,9,10). The van der Waals surface area contributed by atoms with Crippen LogP contribution in [0.3, 0.4) is 0 Å². The Morgan fingerprint density at radius 1 is 1.75 bits per heavy atom. The van der Waals surface area contributed by atoms with Gasteiger partial charge in [-0.25, -0.2) is 0 Å². The molecule has 0 aliphatic rings. The van der Waals surface area contributed by atoms with E-state index in [0.29, 0.717) is 0 Å². The van der Waals surface area contributed by atoms with Gasteiger partial charge in [-0.1, -0.05) is 0 Å². The number of aryl methyl sites for hydroxylation is 1. The molecular formula is C8H10O3S. The van der Waals surface area contributed by atoms with Crippen LogP contribution in [0, 0.1) is 6.92 Å². The monoisotopic (exact) mass is 186 g/mol. The first-order chi connectivity index (χ1) is 5.61. The highest BCUT2D eigenvalue weighted by Gasteiger charge is 2.14. The summed E-state index contributed by atoms with van der Waals surface area (Å²) in [5.74, 6) is -0.0336. The predicted molar refractivity (Wildman–Crippen MR) is 46.4 cm³/mol. The van der Waals surface area contributed by atoms with Crippen molar-refractivity contribution in [2.75, 3.05) is 0 Å². The lowest BCUT2D eigenvalue weighted by molar-refractivity contribution is -0.136. The van der Waals surface area contributed by atoms with E-state index in [1.807, 2.05) is 6.92 Å². The minimum absolute atomic E-state index is 0.429. The molecular weight excluding hydrogens is 176 g/mol. The largest absolute Gasteiger partial charge is 0.480 e. The number of hydrogen-bond donors (Lipinski definition) is 1. The molecule has 3 nitrogen and oxygen atoms in total. The van der Waals surface area contributed by atoms with E-state index in [4.69, 9.17) is 9.52 Å². The predicted octanol–water partition coefficient (Wildman–Crippen LogP) is 2.15. The van der Waals surface area contributed by atoms with Crippen LogP contribution in [-0.2, 0) is 4.79 Å². The van der Waals surface area contributed by atoms with Gasteiger partial charge in [-0.05, 0) is 19.9 Å². The van der Waals surface area contributed by atoms with Crippen molar-refractivity contribution in [2.45, 2.75) is 24.0 Å². The summed E-state index contributed by atoms with van der Waals surface area (Å²) in [5.41, 5.74) is 0. The summed E-state index contributed by atoms with van der Waals surface area (Å²) in [7, 11) is 0. The van der Waals surface area contributed by atoms with Gasteiger partial charge in [-0.15, -0.1) is 11.8 Å². The Morgan fingerprint density at radius 2 is 2.42 bits per heavy atom. The minimum atomic E-state index is -0.805. The molecule has 66 valence electrons. The zero-order chi connectivity index (χ0) is 9.14. The maximum Gasteiger partial charge on any atom is 0.316 e. The van der Waals surface area contributed by atoms with E-state index in [9.17, 15) is 4.79 Å². The first-order valence-electron chi connectivity index (χ1n) is 3.55. The molecule has 1 heterocycles. The van der Waals surface area contributed by atoms with Gasteiger partial charge in [0.1, 0.15) is 11.0 Å². The van der Waals surface area contributed by atoms with Crippen LogP contribution in [-0.4, -0.2) is 16.3 Å². The van der Waals surface area contributed by atoms with Crippen molar-refractivity contribution in [2.24, 2.45) is 0 Å². The molecule has 0 aliphatic heterocycles. The quantitative estimate of drug-likeness (QED) is 0.735. The maximum atomic E-state index is 10.5. The van der Waals surface area contributed by atoms with Gasteiger partial charge < -0.3 is 9.52 Å². The van der Waals surface area contributed by atoms with Gasteiger partial charge in [0.05, 0.1) is 6.26 Å². The lowest BCUT2D eigenvalue weighted by Crippen LogP contribution is -2.10. The smallest absolute Gasteiger partial charge is 0.316 e. The fourth-order valence-electron chi connectivity index (χ4n) is 0.736. The van der Waals surface area contributed by atoms with Gasteiger partial charge in [0, 0.05) is 4.90 Å². The molecule has 0 saturated heterocycles. The second kappa shape index (κ2) is 3.67. The van der Waals surface area contributed by atoms with Crippen molar-refractivity contribution in [3.8, 4) is 0 Å². The Bertz CT molecular complexity index is 280. The van der Waals surface area contributed by atoms with Crippen LogP contribution in [0.2, 0.25) is 0 Å². The Kier molecular flexibility index (Phi) is 2.81. The molecule has 1 aromatic heterocycles. The van der Waals surface area contributed by atoms with Crippen molar-refractivity contribution in [1.29, 1.82) is 0 Å². The van der Waals surface area contributed by atoms with Gasteiger partial charge in [0.2, 0.25) is 0 Å². The number of carbonyl (C=O) groups is 1. The number of furan rings is 1. The van der Waals surface area contributed by atoms with Crippen molar-refractivity contribution < 1.29 is 14.3 Å². The first kappa shape index (κ1) is 9.19. The third-order valence-electron chi connectivity index (χ3n) is 1.46. The topological polar surface area (TPSA) is 50.4 Å². The average Bonchev–Trinajstić information content (AvgIpc) is 2.36. The van der Waals surface area contributed by atoms with E-state index in [-0.39, 0.29) is 0 Å². The third kappa shape index (κ3) is 2.04. The van der Waals surface area contributed by atoms with Crippen molar-refractivity contribution >= 4 is 17.7 Å². The molecule has 1 aromatic rings. The Balaban J connectivity index is 2.64. The molecule has 0 fully saturated rings. The molecule has 0 bridgehead atoms. The molecule has 1 unspecified atom stereocenters. The Hall–Kier alpha value is -0.900. The number of carboxylic acid groups (broad SMARTS) is 1. The number of carboxylic acids is 1. The number of thioether (sulfide) groups is 1. The van der Waals surface area contributed by atoms with Crippen LogP contribution in [0.4, 0.5) is 0 Å². The molecule has 1 rings (SSSR count). The average molecular weight is 186 g/mol. The molecule has 1 atom stereocenters. The molecule has 0 amide bonds. The summed E-state index contributed by atoms with van der Waals surface area (Å²) in [6.45, 7) is 3.47. The molecule has 4 heteroatoms. The fourth-order valence-corrected chi connectivity index (χ4v) is 1.57. The molecule has 1 N–H and O–H groups in total. The number of hydrogen-bond acceptors (Lipinski definition) is 3. The third-order valence-corrected chi connectivity index (χ3v) is 2.70. The lowest BCUT2D eigenvalue weighted by atomic mass is 10.5. The molecule has 0 saturated carbocycles. The van der Waals surface area contributed by atoms with Crippen LogP contribution in [0.5, 0.6) is 0 Å². The van der Waals surface area contributed by atoms with Gasteiger partial charge in [0.15, 0.2) is 0 Å². The van der Waals surface area contributed by atoms with Crippen LogP contribution < -0.4 is 0 Å². The van der Waals surface area contributed by atoms with E-state index >= 15 is 0 Å². The highest BCUT2D eigenvalue weighted by atomic mass is 32.2. The Labute approximate surface area is 74.8 Å². The van der Waals surface area contributed by atoms with E-state index in [1.165, 1.54) is 11.8 Å². The van der Waals surface area contributed by atoms with E-state index < -0.39 is 11.2 Å². The summed E-state index contributed by atoms with van der Waals surface area (Å²) >= 11 is 1.29. The summed E-state index contributed by atoms with van der Waals surface area (Å²) in [6.07, 6.45) is 1.56. The van der Waals surface area contributed by atoms with Crippen LogP contribution >= 0.6 is 11.8 Å². The molecule has 0 aliphatic carbocycles. The van der Waals surface area contributed by atoms with Crippen molar-refractivity contribution in [1.82, 2.24) is 0 Å². The lowest BCUT2D eigenvalue weighted by Gasteiger charge is -2.03. The number of rotatable bonds is 3. The maximum absolute atomic E-state index is 10.5. The van der Waals surface area contributed by atoms with Crippen LogP contribution in [0.15, 0.2) is 21.6 Å². The van der Waals surface area contributed by atoms with E-state index in [1.54, 1.807) is 19.3 Å². The zero-order valence-electron chi connectivity index (χ0n) is 6.90. The summed E-state index contributed by atoms with van der Waals surface area (Å²) < 4.78 is 5.03. The van der Waals surface area contributed by atoms with Crippen molar-refractivity contribution in [3.05, 3.63) is 18.1 Å². The second-order valence-corrected chi connectivity index (χ2v) is 3.82. The SMILES string of the molecule is Cc1occc1SC(C)C(=O)O. The second-order valence-electron chi connectivity index (χ2n) is 2.44. The molecule has 0 aromatic carbocycles. The van der Waals surface area contributed by atoms with Gasteiger partial charge in [-0.3, -0.25) is 4.79 Å². The van der Waals surface area contributed by atoms with Gasteiger partial charge in [0.25, 0.3) is 0 Å². The number of aliphatic carboxylic acids is 1. The van der Waals surface area contributed by atoms with Crippen LogP contribution in [0.1, 0.15) is 12.7 Å². The highest BCUT2D eigenvalue weighted by molar-refractivity contribution is 8.00. The van der Waals surface area contributed by atoms with Crippen LogP contribution in [0.25, 0.3) is 0 Å². The molecule has 12 heavy (non-hydrogen) atoms. The van der Waals surface area contributed by atoms with Crippen molar-refractivity contribution in [3.63, 3.8) is 0 Å². The van der Waals surface area contributed by atoms with E-state index in [2.05, 4.69) is 0 Å². The summed E-state index contributed by atoms with van der Waals surface area (Å²) in [5, 5.41) is 8.19. The van der Waals surface area contributed by atoms with Gasteiger partial charge >= 0.3 is 5.97 Å². The summed E-state index contributed by atoms with van der Waals surface area (Å²) in [6, 6.07) is 1.78. The zero-order valence-corrected chi connectivity index (χ0v) is 7.72. The molecule has 0 radical (unpaired) electrons.